The Morgan fingerprint density at radius 2 is 1.76 bits per heavy atom. The maximum absolute atomic E-state index is 13.6. The zero-order valence-corrected chi connectivity index (χ0v) is 17.8. The standard InChI is InChI=1S/C18H29FN4O.HI/c1-5-20-17(23-13-12-21-16(24)18(2,3)4)22-11-10-14-8-6-7-9-15(14)19;/h6-9H,5,10-13H2,1-4H3,(H,21,24)(H2,20,22,23);1H. The third kappa shape index (κ3) is 9.62. The van der Waals surface area contributed by atoms with E-state index in [1.54, 1.807) is 12.1 Å². The summed E-state index contributed by atoms with van der Waals surface area (Å²) in [6, 6.07) is 6.73. The van der Waals surface area contributed by atoms with Gasteiger partial charge in [0, 0.05) is 31.6 Å². The van der Waals surface area contributed by atoms with E-state index in [1.807, 2.05) is 33.8 Å². The first-order chi connectivity index (χ1) is 11.3. The van der Waals surface area contributed by atoms with Gasteiger partial charge in [0.25, 0.3) is 0 Å². The van der Waals surface area contributed by atoms with Gasteiger partial charge in [-0.3, -0.25) is 9.79 Å². The van der Waals surface area contributed by atoms with Crippen LogP contribution < -0.4 is 16.0 Å². The van der Waals surface area contributed by atoms with Crippen LogP contribution in [0.25, 0.3) is 0 Å². The van der Waals surface area contributed by atoms with Gasteiger partial charge in [-0.15, -0.1) is 24.0 Å². The maximum Gasteiger partial charge on any atom is 0.225 e. The van der Waals surface area contributed by atoms with Crippen LogP contribution in [0.2, 0.25) is 0 Å². The predicted octanol–water partition coefficient (Wildman–Crippen LogP) is 2.70. The van der Waals surface area contributed by atoms with Crippen LogP contribution in [0.1, 0.15) is 33.3 Å². The molecule has 1 aromatic carbocycles. The molecule has 0 radical (unpaired) electrons. The lowest BCUT2D eigenvalue weighted by atomic mass is 9.96. The SMILES string of the molecule is CCNC(=NCCc1ccccc1F)NCCNC(=O)C(C)(C)C.I. The summed E-state index contributed by atoms with van der Waals surface area (Å²) in [5, 5.41) is 9.17. The molecule has 142 valence electrons. The predicted molar refractivity (Wildman–Crippen MR) is 112 cm³/mol. The van der Waals surface area contributed by atoms with Crippen molar-refractivity contribution in [1.82, 2.24) is 16.0 Å². The van der Waals surface area contributed by atoms with E-state index in [2.05, 4.69) is 20.9 Å². The fraction of sp³-hybridized carbons (Fsp3) is 0.556. The lowest BCUT2D eigenvalue weighted by Gasteiger charge is -2.18. The molecule has 1 aromatic rings. The molecule has 1 rings (SSSR count). The lowest BCUT2D eigenvalue weighted by molar-refractivity contribution is -0.128. The van der Waals surface area contributed by atoms with E-state index in [0.717, 1.165) is 6.54 Å². The van der Waals surface area contributed by atoms with Crippen molar-refractivity contribution >= 4 is 35.8 Å². The first-order valence-electron chi connectivity index (χ1n) is 8.38. The molecule has 0 fully saturated rings. The van der Waals surface area contributed by atoms with Gasteiger partial charge in [0.15, 0.2) is 5.96 Å². The minimum absolute atomic E-state index is 0. The largest absolute Gasteiger partial charge is 0.357 e. The second-order valence-electron chi connectivity index (χ2n) is 6.53. The number of aliphatic imine (C=N–C) groups is 1. The molecule has 0 aromatic heterocycles. The summed E-state index contributed by atoms with van der Waals surface area (Å²) >= 11 is 0. The monoisotopic (exact) mass is 464 g/mol. The Morgan fingerprint density at radius 1 is 1.12 bits per heavy atom. The van der Waals surface area contributed by atoms with E-state index in [-0.39, 0.29) is 35.7 Å². The van der Waals surface area contributed by atoms with E-state index in [4.69, 9.17) is 0 Å². The summed E-state index contributed by atoms with van der Waals surface area (Å²) < 4.78 is 13.6. The number of amides is 1. The lowest BCUT2D eigenvalue weighted by Crippen LogP contribution is -2.43. The van der Waals surface area contributed by atoms with Crippen LogP contribution in [-0.2, 0) is 11.2 Å². The van der Waals surface area contributed by atoms with E-state index in [1.165, 1.54) is 6.07 Å². The highest BCUT2D eigenvalue weighted by Gasteiger charge is 2.20. The third-order valence-corrected chi connectivity index (χ3v) is 3.34. The summed E-state index contributed by atoms with van der Waals surface area (Å²) in [6.07, 6.45) is 0.546. The Bertz CT molecular complexity index is 558. The molecule has 25 heavy (non-hydrogen) atoms. The van der Waals surface area contributed by atoms with Gasteiger partial charge >= 0.3 is 0 Å². The van der Waals surface area contributed by atoms with Crippen LogP contribution in [0, 0.1) is 11.2 Å². The zero-order valence-electron chi connectivity index (χ0n) is 15.5. The molecule has 0 aliphatic heterocycles. The molecule has 7 heteroatoms. The molecule has 0 bridgehead atoms. The number of guanidine groups is 1. The van der Waals surface area contributed by atoms with Crippen LogP contribution in [-0.4, -0.2) is 38.0 Å². The van der Waals surface area contributed by atoms with Gasteiger partial charge in [0.2, 0.25) is 5.91 Å². The number of rotatable bonds is 7. The summed E-state index contributed by atoms with van der Waals surface area (Å²) in [4.78, 5) is 16.2. The van der Waals surface area contributed by atoms with Gasteiger partial charge in [-0.25, -0.2) is 4.39 Å². The molecule has 0 aliphatic rings. The number of carbonyl (C=O) groups excluding carboxylic acids is 1. The topological polar surface area (TPSA) is 65.5 Å². The molecule has 0 saturated carbocycles. The van der Waals surface area contributed by atoms with Gasteiger partial charge in [-0.05, 0) is 25.0 Å². The van der Waals surface area contributed by atoms with Crippen molar-refractivity contribution in [3.63, 3.8) is 0 Å². The molecule has 3 N–H and O–H groups in total. The van der Waals surface area contributed by atoms with Gasteiger partial charge < -0.3 is 16.0 Å². The van der Waals surface area contributed by atoms with Crippen LogP contribution in [0.15, 0.2) is 29.3 Å². The Morgan fingerprint density at radius 3 is 2.36 bits per heavy atom. The number of nitrogens with zero attached hydrogens (tertiary/aromatic N) is 1. The van der Waals surface area contributed by atoms with Crippen LogP contribution in [0.4, 0.5) is 4.39 Å². The van der Waals surface area contributed by atoms with E-state index < -0.39 is 5.41 Å². The van der Waals surface area contributed by atoms with E-state index in [9.17, 15) is 9.18 Å². The van der Waals surface area contributed by atoms with Crippen molar-refractivity contribution in [2.45, 2.75) is 34.1 Å². The Hall–Kier alpha value is -1.38. The Kier molecular flexibility index (Phi) is 11.4. The fourth-order valence-electron chi connectivity index (χ4n) is 1.95. The number of carbonyl (C=O) groups is 1. The number of benzene rings is 1. The van der Waals surface area contributed by atoms with Crippen LogP contribution in [0.5, 0.6) is 0 Å². The number of hydrogen-bond acceptors (Lipinski definition) is 2. The molecule has 0 aliphatic carbocycles. The molecule has 0 heterocycles. The average molecular weight is 464 g/mol. The molecule has 0 unspecified atom stereocenters. The van der Waals surface area contributed by atoms with Crippen molar-refractivity contribution in [2.75, 3.05) is 26.2 Å². The van der Waals surface area contributed by atoms with Crippen molar-refractivity contribution < 1.29 is 9.18 Å². The minimum atomic E-state index is -0.391. The first kappa shape index (κ1) is 23.6. The zero-order chi connectivity index (χ0) is 18.0. The third-order valence-electron chi connectivity index (χ3n) is 3.34. The van der Waals surface area contributed by atoms with Gasteiger partial charge in [-0.1, -0.05) is 39.0 Å². The number of halogens is 2. The molecule has 5 nitrogen and oxygen atoms in total. The van der Waals surface area contributed by atoms with Gasteiger partial charge in [0.05, 0.1) is 0 Å². The second kappa shape index (κ2) is 12.1. The van der Waals surface area contributed by atoms with Crippen molar-refractivity contribution in [1.29, 1.82) is 0 Å². The van der Waals surface area contributed by atoms with E-state index >= 15 is 0 Å². The molecular formula is C18H30FIN4O. The Balaban J connectivity index is 0.00000576. The maximum atomic E-state index is 13.6. The van der Waals surface area contributed by atoms with Crippen LogP contribution in [0.3, 0.4) is 0 Å². The molecule has 0 atom stereocenters. The average Bonchev–Trinajstić information content (AvgIpc) is 2.52. The number of nitrogens with one attached hydrogen (secondary N) is 3. The molecule has 1 amide bonds. The minimum Gasteiger partial charge on any atom is -0.357 e. The summed E-state index contributed by atoms with van der Waals surface area (Å²) in [6.45, 7) is 9.94. The van der Waals surface area contributed by atoms with Crippen molar-refractivity contribution in [3.05, 3.63) is 35.6 Å². The van der Waals surface area contributed by atoms with Crippen molar-refractivity contribution in [3.8, 4) is 0 Å². The quantitative estimate of drug-likeness (QED) is 0.252. The summed E-state index contributed by atoms with van der Waals surface area (Å²) in [5.74, 6) is 0.486. The van der Waals surface area contributed by atoms with Gasteiger partial charge in [0.1, 0.15) is 5.82 Å². The summed E-state index contributed by atoms with van der Waals surface area (Å²) in [7, 11) is 0. The van der Waals surface area contributed by atoms with Crippen molar-refractivity contribution in [2.24, 2.45) is 10.4 Å². The smallest absolute Gasteiger partial charge is 0.225 e. The second-order valence-corrected chi connectivity index (χ2v) is 6.53. The summed E-state index contributed by atoms with van der Waals surface area (Å²) in [5.41, 5.74) is 0.271. The normalized spacial score (nSPS) is 11.5. The molecular weight excluding hydrogens is 434 g/mol. The molecule has 0 saturated heterocycles. The highest BCUT2D eigenvalue weighted by Crippen LogP contribution is 2.11. The van der Waals surface area contributed by atoms with E-state index in [0.29, 0.717) is 37.6 Å². The fourth-order valence-corrected chi connectivity index (χ4v) is 1.95. The van der Waals surface area contributed by atoms with Crippen LogP contribution >= 0.6 is 24.0 Å². The first-order valence-corrected chi connectivity index (χ1v) is 8.38. The Labute approximate surface area is 167 Å². The number of hydrogen-bond donors (Lipinski definition) is 3. The molecule has 0 spiro atoms. The highest BCUT2D eigenvalue weighted by molar-refractivity contribution is 14.0. The highest BCUT2D eigenvalue weighted by atomic mass is 127. The van der Waals surface area contributed by atoms with Gasteiger partial charge in [-0.2, -0.15) is 0 Å².